The summed E-state index contributed by atoms with van der Waals surface area (Å²) < 4.78 is 16.8. The van der Waals surface area contributed by atoms with Gasteiger partial charge in [0, 0.05) is 23.7 Å². The number of aromatic nitrogens is 4. The van der Waals surface area contributed by atoms with Crippen LogP contribution in [0.1, 0.15) is 56.6 Å². The van der Waals surface area contributed by atoms with Crippen LogP contribution in [0.2, 0.25) is 0 Å². The number of fused-ring (bicyclic) bond motifs is 2. The van der Waals surface area contributed by atoms with Gasteiger partial charge in [0.15, 0.2) is 0 Å². The standard InChI is InChI=1S/C20H19FN4O.C2H6/c1-11(2)19-12(3)16-9-18-17(10-22-25(18)13(4)26)23-20(16)24(19)15-7-5-14(21)6-8-15;1-2/h5-11H,1-4H3;1-2H3. The highest BCUT2D eigenvalue weighted by atomic mass is 19.1. The van der Waals surface area contributed by atoms with Crippen LogP contribution in [-0.2, 0) is 0 Å². The molecule has 0 saturated carbocycles. The Morgan fingerprint density at radius 1 is 1.14 bits per heavy atom. The molecule has 6 heteroatoms. The largest absolute Gasteiger partial charge is 0.298 e. The molecule has 0 bridgehead atoms. The molecule has 0 N–H and O–H groups in total. The van der Waals surface area contributed by atoms with Crippen molar-refractivity contribution in [2.24, 2.45) is 0 Å². The number of hydrogen-bond donors (Lipinski definition) is 0. The number of hydrogen-bond acceptors (Lipinski definition) is 3. The Hall–Kier alpha value is -3.02. The third-order valence-corrected chi connectivity index (χ3v) is 4.71. The summed E-state index contributed by atoms with van der Waals surface area (Å²) in [6.07, 6.45) is 1.60. The van der Waals surface area contributed by atoms with E-state index in [1.54, 1.807) is 18.3 Å². The second-order valence-corrected chi connectivity index (χ2v) is 6.82. The van der Waals surface area contributed by atoms with Gasteiger partial charge in [0.2, 0.25) is 5.91 Å². The SMILES string of the molecule is CC.CC(=O)n1ncc2nc3c(cc21)c(C)c(C(C)C)n3-c1ccc(F)cc1. The molecule has 4 rings (SSSR count). The predicted molar refractivity (Wildman–Crippen MR) is 111 cm³/mol. The lowest BCUT2D eigenvalue weighted by Gasteiger charge is -2.14. The summed E-state index contributed by atoms with van der Waals surface area (Å²) in [4.78, 5) is 16.6. The molecule has 146 valence electrons. The molecule has 3 heterocycles. The average molecular weight is 380 g/mol. The Morgan fingerprint density at radius 3 is 2.36 bits per heavy atom. The van der Waals surface area contributed by atoms with Crippen LogP contribution in [0.5, 0.6) is 0 Å². The third kappa shape index (κ3) is 3.09. The van der Waals surface area contributed by atoms with Crippen molar-refractivity contribution in [3.63, 3.8) is 0 Å². The number of nitrogens with zero attached hydrogens (tertiary/aromatic N) is 4. The van der Waals surface area contributed by atoms with Gasteiger partial charge in [0.05, 0.1) is 11.7 Å². The molecule has 0 amide bonds. The van der Waals surface area contributed by atoms with E-state index < -0.39 is 0 Å². The number of pyridine rings is 1. The quantitative estimate of drug-likeness (QED) is 0.453. The molecular formula is C22H25FN4O. The van der Waals surface area contributed by atoms with E-state index in [-0.39, 0.29) is 17.6 Å². The maximum absolute atomic E-state index is 13.4. The second kappa shape index (κ2) is 7.54. The van der Waals surface area contributed by atoms with Gasteiger partial charge in [-0.15, -0.1) is 0 Å². The van der Waals surface area contributed by atoms with Gasteiger partial charge in [-0.05, 0) is 48.7 Å². The predicted octanol–water partition coefficient (Wildman–Crippen LogP) is 5.63. The van der Waals surface area contributed by atoms with Crippen LogP contribution in [0.4, 0.5) is 4.39 Å². The molecule has 5 nitrogen and oxygen atoms in total. The van der Waals surface area contributed by atoms with Crippen molar-refractivity contribution >= 4 is 28.0 Å². The van der Waals surface area contributed by atoms with Crippen molar-refractivity contribution in [2.45, 2.75) is 47.5 Å². The first-order valence-electron chi connectivity index (χ1n) is 9.55. The molecule has 0 aliphatic rings. The number of halogens is 1. The summed E-state index contributed by atoms with van der Waals surface area (Å²) in [7, 11) is 0. The van der Waals surface area contributed by atoms with Crippen LogP contribution in [0.15, 0.2) is 36.5 Å². The molecule has 4 aromatic rings. The van der Waals surface area contributed by atoms with E-state index in [1.807, 2.05) is 19.9 Å². The fourth-order valence-corrected chi connectivity index (χ4v) is 3.61. The highest BCUT2D eigenvalue weighted by Crippen LogP contribution is 2.34. The molecule has 1 aromatic carbocycles. The van der Waals surface area contributed by atoms with E-state index in [0.29, 0.717) is 11.0 Å². The van der Waals surface area contributed by atoms with E-state index in [1.165, 1.54) is 23.7 Å². The van der Waals surface area contributed by atoms with Crippen molar-refractivity contribution in [3.05, 3.63) is 53.6 Å². The molecular weight excluding hydrogens is 355 g/mol. The number of carbonyl (C=O) groups excluding carboxylic acids is 1. The first-order chi connectivity index (χ1) is 13.4. The molecule has 28 heavy (non-hydrogen) atoms. The number of benzene rings is 1. The minimum atomic E-state index is -0.272. The fourth-order valence-electron chi connectivity index (χ4n) is 3.61. The Labute approximate surface area is 163 Å². The monoisotopic (exact) mass is 380 g/mol. The van der Waals surface area contributed by atoms with Gasteiger partial charge >= 0.3 is 0 Å². The maximum atomic E-state index is 13.4. The van der Waals surface area contributed by atoms with Gasteiger partial charge in [0.1, 0.15) is 17.0 Å². The highest BCUT2D eigenvalue weighted by molar-refractivity contribution is 5.97. The lowest BCUT2D eigenvalue weighted by atomic mass is 10.0. The lowest BCUT2D eigenvalue weighted by Crippen LogP contribution is -2.06. The molecule has 0 unspecified atom stereocenters. The van der Waals surface area contributed by atoms with Crippen molar-refractivity contribution in [2.75, 3.05) is 0 Å². The van der Waals surface area contributed by atoms with Crippen molar-refractivity contribution in [1.29, 1.82) is 0 Å². The number of rotatable bonds is 2. The maximum Gasteiger partial charge on any atom is 0.244 e. The van der Waals surface area contributed by atoms with Crippen molar-refractivity contribution in [3.8, 4) is 5.69 Å². The zero-order chi connectivity index (χ0) is 20.6. The third-order valence-electron chi connectivity index (χ3n) is 4.71. The van der Waals surface area contributed by atoms with E-state index in [9.17, 15) is 9.18 Å². The topological polar surface area (TPSA) is 52.7 Å². The highest BCUT2D eigenvalue weighted by Gasteiger charge is 2.21. The Morgan fingerprint density at radius 2 is 1.79 bits per heavy atom. The van der Waals surface area contributed by atoms with Crippen LogP contribution >= 0.6 is 0 Å². The summed E-state index contributed by atoms with van der Waals surface area (Å²) in [5.74, 6) is -0.173. The molecule has 3 aromatic heterocycles. The van der Waals surface area contributed by atoms with Gasteiger partial charge < -0.3 is 0 Å². The molecule has 0 spiro atoms. The van der Waals surface area contributed by atoms with Gasteiger partial charge in [0.25, 0.3) is 0 Å². The zero-order valence-corrected chi connectivity index (χ0v) is 17.1. The lowest BCUT2D eigenvalue weighted by molar-refractivity contribution is 0.0927. The van der Waals surface area contributed by atoms with Crippen LogP contribution in [-0.4, -0.2) is 25.2 Å². The van der Waals surface area contributed by atoms with Crippen LogP contribution in [0.25, 0.3) is 27.8 Å². The second-order valence-electron chi connectivity index (χ2n) is 6.82. The van der Waals surface area contributed by atoms with Gasteiger partial charge in [-0.25, -0.2) is 9.37 Å². The first kappa shape index (κ1) is 19.7. The normalized spacial score (nSPS) is 11.1. The van der Waals surface area contributed by atoms with Crippen LogP contribution < -0.4 is 0 Å². The fraction of sp³-hybridized carbons (Fsp3) is 0.318. The number of carbonyl (C=O) groups is 1. The van der Waals surface area contributed by atoms with Crippen molar-refractivity contribution in [1.82, 2.24) is 19.3 Å². The van der Waals surface area contributed by atoms with Gasteiger partial charge in [-0.1, -0.05) is 27.7 Å². The van der Waals surface area contributed by atoms with Crippen molar-refractivity contribution < 1.29 is 9.18 Å². The van der Waals surface area contributed by atoms with Gasteiger partial charge in [-0.3, -0.25) is 9.36 Å². The Kier molecular flexibility index (Phi) is 5.31. The average Bonchev–Trinajstić information content (AvgIpc) is 3.21. The molecule has 0 aliphatic carbocycles. The zero-order valence-electron chi connectivity index (χ0n) is 17.1. The molecule has 0 atom stereocenters. The summed E-state index contributed by atoms with van der Waals surface area (Å²) in [5.41, 5.74) is 5.22. The van der Waals surface area contributed by atoms with Crippen LogP contribution in [0, 0.1) is 12.7 Å². The Bertz CT molecular complexity index is 1150. The Balaban J connectivity index is 0.00000109. The van der Waals surface area contributed by atoms with Gasteiger partial charge in [-0.2, -0.15) is 9.78 Å². The molecule has 0 saturated heterocycles. The molecule has 0 radical (unpaired) electrons. The summed E-state index contributed by atoms with van der Waals surface area (Å²) >= 11 is 0. The van der Waals surface area contributed by atoms with E-state index in [4.69, 9.17) is 4.98 Å². The number of aryl methyl sites for hydroxylation is 1. The molecule has 0 aliphatic heterocycles. The molecule has 0 fully saturated rings. The van der Waals surface area contributed by atoms with E-state index in [0.717, 1.165) is 28.0 Å². The first-order valence-corrected chi connectivity index (χ1v) is 9.55. The smallest absolute Gasteiger partial charge is 0.244 e. The minimum Gasteiger partial charge on any atom is -0.298 e. The minimum absolute atomic E-state index is 0.152. The summed E-state index contributed by atoms with van der Waals surface area (Å²) in [6.45, 7) is 11.8. The van der Waals surface area contributed by atoms with E-state index >= 15 is 0 Å². The summed E-state index contributed by atoms with van der Waals surface area (Å²) in [5, 5.41) is 5.11. The summed E-state index contributed by atoms with van der Waals surface area (Å²) in [6, 6.07) is 8.38. The van der Waals surface area contributed by atoms with Crippen LogP contribution in [0.3, 0.4) is 0 Å². The van der Waals surface area contributed by atoms with E-state index in [2.05, 4.69) is 30.4 Å².